The predicted octanol–water partition coefficient (Wildman–Crippen LogP) is 3.78. The highest BCUT2D eigenvalue weighted by Gasteiger charge is 2.47. The van der Waals surface area contributed by atoms with Gasteiger partial charge in [-0.2, -0.15) is 0 Å². The quantitative estimate of drug-likeness (QED) is 0.378. The molecule has 1 fully saturated rings. The zero-order chi connectivity index (χ0) is 22.8. The summed E-state index contributed by atoms with van der Waals surface area (Å²) >= 11 is 0. The summed E-state index contributed by atoms with van der Waals surface area (Å²) < 4.78 is 5.17. The van der Waals surface area contributed by atoms with E-state index in [2.05, 4.69) is 4.98 Å². The number of pyridine rings is 1. The first-order chi connectivity index (χ1) is 15.4. The average molecular weight is 429 g/mol. The molecule has 2 heterocycles. The van der Waals surface area contributed by atoms with Crippen LogP contribution in [0, 0.1) is 0 Å². The van der Waals surface area contributed by atoms with Crippen molar-refractivity contribution in [3.8, 4) is 5.75 Å². The summed E-state index contributed by atoms with van der Waals surface area (Å²) in [5, 5.41) is 11.1. The highest BCUT2D eigenvalue weighted by atomic mass is 16.5. The molecule has 2 aromatic carbocycles. The standard InChI is InChI=1S/C25H23N3O4/c1-27(2)18-8-10-19(11-9-18)28-22(17-5-4-14-26-15-17)21(24(30)25(28)31)23(29)16-6-12-20(32-3)13-7-16/h4-15,22,29H,1-3H3/b23-21+. The SMILES string of the molecule is COc1ccc(/C(O)=C2\C(=O)C(=O)N(c3ccc(N(C)C)cc3)C2c2cccnc2)cc1. The van der Waals surface area contributed by atoms with Crippen LogP contribution in [0.3, 0.4) is 0 Å². The van der Waals surface area contributed by atoms with Crippen molar-refractivity contribution in [2.45, 2.75) is 6.04 Å². The fourth-order valence-electron chi connectivity index (χ4n) is 3.77. The van der Waals surface area contributed by atoms with Crippen LogP contribution in [0.2, 0.25) is 0 Å². The smallest absolute Gasteiger partial charge is 0.300 e. The minimum absolute atomic E-state index is 0.0184. The number of aliphatic hydroxyl groups is 1. The number of benzene rings is 2. The number of carbonyl (C=O) groups is 2. The van der Waals surface area contributed by atoms with E-state index in [0.29, 0.717) is 22.6 Å². The predicted molar refractivity (Wildman–Crippen MR) is 123 cm³/mol. The first kappa shape index (κ1) is 21.1. The van der Waals surface area contributed by atoms with Gasteiger partial charge in [0, 0.05) is 43.4 Å². The van der Waals surface area contributed by atoms with Gasteiger partial charge in [-0.25, -0.2) is 0 Å². The molecule has 0 spiro atoms. The maximum absolute atomic E-state index is 13.1. The Labute approximate surface area is 186 Å². The van der Waals surface area contributed by atoms with Crippen molar-refractivity contribution in [1.29, 1.82) is 0 Å². The minimum Gasteiger partial charge on any atom is -0.507 e. The maximum Gasteiger partial charge on any atom is 0.300 e. The monoisotopic (exact) mass is 429 g/mol. The number of hydrogen-bond acceptors (Lipinski definition) is 6. The largest absolute Gasteiger partial charge is 0.507 e. The van der Waals surface area contributed by atoms with Crippen molar-refractivity contribution in [2.24, 2.45) is 0 Å². The number of methoxy groups -OCH3 is 1. The van der Waals surface area contributed by atoms with Gasteiger partial charge in [0.05, 0.1) is 18.7 Å². The number of amides is 1. The number of ether oxygens (including phenoxy) is 1. The van der Waals surface area contributed by atoms with Crippen LogP contribution in [0.15, 0.2) is 78.6 Å². The van der Waals surface area contributed by atoms with Gasteiger partial charge in [0.1, 0.15) is 11.5 Å². The number of Topliss-reactive ketones (excluding diaryl/α,β-unsaturated/α-hetero) is 1. The summed E-state index contributed by atoms with van der Waals surface area (Å²) in [7, 11) is 5.39. The van der Waals surface area contributed by atoms with E-state index in [4.69, 9.17) is 4.74 Å². The van der Waals surface area contributed by atoms with Gasteiger partial charge < -0.3 is 14.7 Å². The molecule has 1 aliphatic rings. The van der Waals surface area contributed by atoms with Crippen molar-refractivity contribution in [3.63, 3.8) is 0 Å². The number of nitrogens with zero attached hydrogens (tertiary/aromatic N) is 3. The van der Waals surface area contributed by atoms with Crippen LogP contribution in [0.25, 0.3) is 5.76 Å². The number of ketones is 1. The molecule has 1 aliphatic heterocycles. The fraction of sp³-hybridized carbons (Fsp3) is 0.160. The van der Waals surface area contributed by atoms with Gasteiger partial charge in [0.25, 0.3) is 11.7 Å². The number of anilines is 2. The normalized spacial score (nSPS) is 17.5. The summed E-state index contributed by atoms with van der Waals surface area (Å²) in [4.78, 5) is 33.8. The zero-order valence-electron chi connectivity index (χ0n) is 18.0. The summed E-state index contributed by atoms with van der Waals surface area (Å²) in [5.74, 6) is -1.07. The van der Waals surface area contributed by atoms with Gasteiger partial charge in [-0.15, -0.1) is 0 Å². The summed E-state index contributed by atoms with van der Waals surface area (Å²) in [6, 6.07) is 16.7. The highest BCUT2D eigenvalue weighted by molar-refractivity contribution is 6.51. The van der Waals surface area contributed by atoms with Crippen LogP contribution < -0.4 is 14.5 Å². The van der Waals surface area contributed by atoms with Crippen molar-refractivity contribution in [2.75, 3.05) is 31.0 Å². The molecule has 162 valence electrons. The molecular weight excluding hydrogens is 406 g/mol. The van der Waals surface area contributed by atoms with Crippen LogP contribution in [0.5, 0.6) is 5.75 Å². The molecule has 7 heteroatoms. The van der Waals surface area contributed by atoms with Crippen LogP contribution in [-0.2, 0) is 9.59 Å². The number of aromatic nitrogens is 1. The van der Waals surface area contributed by atoms with Crippen LogP contribution in [-0.4, -0.2) is 43.0 Å². The molecule has 0 aliphatic carbocycles. The van der Waals surface area contributed by atoms with Gasteiger partial charge in [0.2, 0.25) is 0 Å². The van der Waals surface area contributed by atoms with E-state index >= 15 is 0 Å². The number of carbonyl (C=O) groups excluding carboxylic acids is 2. The maximum atomic E-state index is 13.1. The number of aliphatic hydroxyl groups excluding tert-OH is 1. The van der Waals surface area contributed by atoms with Crippen molar-refractivity contribution >= 4 is 28.8 Å². The number of rotatable bonds is 5. The first-order valence-electron chi connectivity index (χ1n) is 10.0. The summed E-state index contributed by atoms with van der Waals surface area (Å²) in [5.41, 5.74) is 2.57. The topological polar surface area (TPSA) is 83.0 Å². The molecule has 7 nitrogen and oxygen atoms in total. The lowest BCUT2D eigenvalue weighted by Crippen LogP contribution is -2.29. The molecule has 0 bridgehead atoms. The molecule has 1 amide bonds. The Morgan fingerprint density at radius 1 is 1.03 bits per heavy atom. The van der Waals surface area contributed by atoms with E-state index < -0.39 is 17.7 Å². The lowest BCUT2D eigenvalue weighted by Gasteiger charge is -2.25. The van der Waals surface area contributed by atoms with Crippen LogP contribution in [0.4, 0.5) is 11.4 Å². The molecule has 1 aromatic heterocycles. The van der Waals surface area contributed by atoms with Crippen molar-refractivity contribution < 1.29 is 19.4 Å². The Morgan fingerprint density at radius 3 is 2.28 bits per heavy atom. The Kier molecular flexibility index (Phi) is 5.64. The summed E-state index contributed by atoms with van der Waals surface area (Å²) in [6.07, 6.45) is 3.21. The zero-order valence-corrected chi connectivity index (χ0v) is 18.0. The average Bonchev–Trinajstić information content (AvgIpc) is 3.09. The Bertz CT molecular complexity index is 1170. The Balaban J connectivity index is 1.87. The third-order valence-electron chi connectivity index (χ3n) is 5.45. The van der Waals surface area contributed by atoms with Crippen LogP contribution >= 0.6 is 0 Å². The van der Waals surface area contributed by atoms with Crippen LogP contribution in [0.1, 0.15) is 17.2 Å². The molecule has 4 rings (SSSR count). The van der Waals surface area contributed by atoms with E-state index in [1.165, 1.54) is 4.90 Å². The van der Waals surface area contributed by atoms with E-state index in [0.717, 1.165) is 5.69 Å². The molecule has 32 heavy (non-hydrogen) atoms. The van der Waals surface area contributed by atoms with Gasteiger partial charge in [-0.3, -0.25) is 19.5 Å². The third-order valence-corrected chi connectivity index (χ3v) is 5.45. The highest BCUT2D eigenvalue weighted by Crippen LogP contribution is 2.42. The van der Waals surface area contributed by atoms with E-state index in [1.54, 1.807) is 68.0 Å². The Hall–Kier alpha value is -4.13. The third kappa shape index (κ3) is 3.69. The lowest BCUT2D eigenvalue weighted by atomic mass is 9.96. The van der Waals surface area contributed by atoms with Gasteiger partial charge in [0.15, 0.2) is 0 Å². The minimum atomic E-state index is -0.809. The molecule has 1 unspecified atom stereocenters. The number of hydrogen-bond donors (Lipinski definition) is 1. The molecule has 1 saturated heterocycles. The van der Waals surface area contributed by atoms with E-state index in [1.807, 2.05) is 31.1 Å². The second-order valence-corrected chi connectivity index (χ2v) is 7.59. The van der Waals surface area contributed by atoms with Gasteiger partial charge in [-0.05, 0) is 60.2 Å². The van der Waals surface area contributed by atoms with Crippen molar-refractivity contribution in [3.05, 3.63) is 89.8 Å². The molecule has 1 N–H and O–H groups in total. The van der Waals surface area contributed by atoms with Gasteiger partial charge >= 0.3 is 0 Å². The Morgan fingerprint density at radius 2 is 1.72 bits per heavy atom. The van der Waals surface area contributed by atoms with Crippen molar-refractivity contribution in [1.82, 2.24) is 4.98 Å². The molecule has 0 saturated carbocycles. The lowest BCUT2D eigenvalue weighted by molar-refractivity contribution is -0.132. The summed E-state index contributed by atoms with van der Waals surface area (Å²) in [6.45, 7) is 0. The fourth-order valence-corrected chi connectivity index (χ4v) is 3.77. The molecule has 3 aromatic rings. The molecule has 0 radical (unpaired) electrons. The molecule has 1 atom stereocenters. The van der Waals surface area contributed by atoms with E-state index in [-0.39, 0.29) is 11.3 Å². The first-order valence-corrected chi connectivity index (χ1v) is 10.0. The molecular formula is C25H23N3O4. The van der Waals surface area contributed by atoms with Gasteiger partial charge in [-0.1, -0.05) is 6.07 Å². The second-order valence-electron chi connectivity index (χ2n) is 7.59. The van der Waals surface area contributed by atoms with E-state index in [9.17, 15) is 14.7 Å². The second kappa shape index (κ2) is 8.55.